The molecule has 6 heteroatoms. The Kier molecular flexibility index (Phi) is 48.4. The first-order valence-corrected chi connectivity index (χ1v) is 26.3. The maximum absolute atomic E-state index is 12.8. The smallest absolute Gasteiger partial charge is 0.306 e. The van der Waals surface area contributed by atoms with Crippen LogP contribution in [0.1, 0.15) is 258 Å². The minimum Gasteiger partial charge on any atom is -0.462 e. The van der Waals surface area contributed by atoms with Crippen LogP contribution in [-0.2, 0) is 28.6 Å². The molecule has 0 aromatic heterocycles. The van der Waals surface area contributed by atoms with E-state index in [-0.39, 0.29) is 31.1 Å². The predicted molar refractivity (Wildman–Crippen MR) is 265 cm³/mol. The van der Waals surface area contributed by atoms with Gasteiger partial charge in [-0.2, -0.15) is 0 Å². The van der Waals surface area contributed by atoms with Gasteiger partial charge in [0.15, 0.2) is 6.10 Å². The monoisotopic (exact) mass is 867 g/mol. The highest BCUT2D eigenvalue weighted by Crippen LogP contribution is 2.15. The molecular formula is C56H98O6. The lowest BCUT2D eigenvalue weighted by Crippen LogP contribution is -2.30. The van der Waals surface area contributed by atoms with Crippen LogP contribution in [0.5, 0.6) is 0 Å². The molecule has 0 spiro atoms. The lowest BCUT2D eigenvalue weighted by Gasteiger charge is -2.18. The number of hydrogen-bond acceptors (Lipinski definition) is 6. The fraction of sp³-hybridized carbons (Fsp3) is 0.768. The van der Waals surface area contributed by atoms with Crippen LogP contribution < -0.4 is 0 Å². The summed E-state index contributed by atoms with van der Waals surface area (Å²) in [4.78, 5) is 38.0. The normalized spacial score (nSPS) is 12.5. The average Bonchev–Trinajstić information content (AvgIpc) is 3.27. The summed E-state index contributed by atoms with van der Waals surface area (Å²) in [6.07, 6.45) is 62.0. The largest absolute Gasteiger partial charge is 0.462 e. The van der Waals surface area contributed by atoms with Gasteiger partial charge in [0.05, 0.1) is 0 Å². The molecule has 0 saturated heterocycles. The summed E-state index contributed by atoms with van der Waals surface area (Å²) in [7, 11) is 0. The Balaban J connectivity index is 4.38. The lowest BCUT2D eigenvalue weighted by atomic mass is 10.1. The summed E-state index contributed by atoms with van der Waals surface area (Å²) in [5.74, 6) is -0.905. The van der Waals surface area contributed by atoms with Gasteiger partial charge >= 0.3 is 17.9 Å². The van der Waals surface area contributed by atoms with Gasteiger partial charge in [0.25, 0.3) is 0 Å². The molecule has 0 radical (unpaired) electrons. The Labute approximate surface area is 383 Å². The summed E-state index contributed by atoms with van der Waals surface area (Å²) in [5, 5.41) is 0. The van der Waals surface area contributed by atoms with E-state index < -0.39 is 6.10 Å². The number of esters is 3. The molecule has 0 aliphatic heterocycles. The first kappa shape index (κ1) is 59.1. The Morgan fingerprint density at radius 1 is 0.339 bits per heavy atom. The number of carbonyl (C=O) groups is 3. The highest BCUT2D eigenvalue weighted by atomic mass is 16.6. The third-order valence-corrected chi connectivity index (χ3v) is 11.3. The quantitative estimate of drug-likeness (QED) is 0.0199. The van der Waals surface area contributed by atoms with Gasteiger partial charge in [-0.05, 0) is 89.9 Å². The van der Waals surface area contributed by atoms with Crippen molar-refractivity contribution in [1.29, 1.82) is 0 Å². The number of hydrogen-bond donors (Lipinski definition) is 0. The van der Waals surface area contributed by atoms with Crippen molar-refractivity contribution in [3.63, 3.8) is 0 Å². The van der Waals surface area contributed by atoms with Crippen molar-refractivity contribution in [3.05, 3.63) is 60.8 Å². The molecule has 0 aliphatic carbocycles. The van der Waals surface area contributed by atoms with E-state index in [0.29, 0.717) is 19.3 Å². The maximum atomic E-state index is 12.8. The van der Waals surface area contributed by atoms with E-state index in [1.54, 1.807) is 0 Å². The van der Waals surface area contributed by atoms with Crippen LogP contribution >= 0.6 is 0 Å². The number of rotatable bonds is 47. The van der Waals surface area contributed by atoms with Crippen LogP contribution in [-0.4, -0.2) is 37.2 Å². The molecule has 0 aromatic rings. The molecule has 358 valence electrons. The second kappa shape index (κ2) is 50.8. The first-order valence-electron chi connectivity index (χ1n) is 26.3. The molecule has 1 atom stereocenters. The van der Waals surface area contributed by atoms with Crippen LogP contribution in [0.4, 0.5) is 0 Å². The van der Waals surface area contributed by atoms with E-state index in [4.69, 9.17) is 14.2 Å². The average molecular weight is 867 g/mol. The van der Waals surface area contributed by atoms with Crippen molar-refractivity contribution in [1.82, 2.24) is 0 Å². The van der Waals surface area contributed by atoms with Gasteiger partial charge in [-0.25, -0.2) is 0 Å². The maximum Gasteiger partial charge on any atom is 0.306 e. The number of carbonyl (C=O) groups excluding carboxylic acids is 3. The molecule has 0 N–H and O–H groups in total. The third-order valence-electron chi connectivity index (χ3n) is 11.3. The van der Waals surface area contributed by atoms with Gasteiger partial charge in [-0.3, -0.25) is 14.4 Å². The molecule has 0 fully saturated rings. The van der Waals surface area contributed by atoms with Gasteiger partial charge in [0, 0.05) is 19.3 Å². The van der Waals surface area contributed by atoms with Crippen molar-refractivity contribution in [3.8, 4) is 0 Å². The van der Waals surface area contributed by atoms with Gasteiger partial charge in [0.2, 0.25) is 0 Å². The zero-order valence-electron chi connectivity index (χ0n) is 40.9. The summed E-state index contributed by atoms with van der Waals surface area (Å²) < 4.78 is 16.8. The second-order valence-corrected chi connectivity index (χ2v) is 17.5. The van der Waals surface area contributed by atoms with Crippen molar-refractivity contribution in [2.75, 3.05) is 13.2 Å². The summed E-state index contributed by atoms with van der Waals surface area (Å²) >= 11 is 0. The lowest BCUT2D eigenvalue weighted by molar-refractivity contribution is -0.167. The standard InChI is InChI=1S/C56H98O6/c1-4-7-10-13-16-19-22-25-27-28-30-31-34-37-40-43-46-49-55(58)61-52-53(51-60-54(57)48-45-42-39-36-33-24-21-18-15-12-9-6-3)62-56(59)50-47-44-41-38-35-32-29-26-23-20-17-14-11-8-5-2/h8,11,14,17-18,20-21,23,25,27,53H,4-7,9-10,12-13,15-16,19,22,24,26,28-52H2,1-3H3/b11-8-,17-14-,21-18-,23-20-,27-25-. The van der Waals surface area contributed by atoms with Crippen LogP contribution in [0.3, 0.4) is 0 Å². The Hall–Kier alpha value is -2.89. The zero-order valence-corrected chi connectivity index (χ0v) is 40.9. The molecule has 62 heavy (non-hydrogen) atoms. The second-order valence-electron chi connectivity index (χ2n) is 17.5. The molecule has 1 unspecified atom stereocenters. The van der Waals surface area contributed by atoms with Gasteiger partial charge in [-0.15, -0.1) is 0 Å². The number of allylic oxidation sites excluding steroid dienone is 10. The van der Waals surface area contributed by atoms with Crippen LogP contribution in [0, 0.1) is 0 Å². The summed E-state index contributed by atoms with van der Waals surface area (Å²) in [6.45, 7) is 6.47. The van der Waals surface area contributed by atoms with Gasteiger partial charge < -0.3 is 14.2 Å². The zero-order chi connectivity index (χ0) is 45.1. The Morgan fingerprint density at radius 3 is 1.05 bits per heavy atom. The van der Waals surface area contributed by atoms with E-state index in [9.17, 15) is 14.4 Å². The van der Waals surface area contributed by atoms with Crippen LogP contribution in [0.2, 0.25) is 0 Å². The number of unbranched alkanes of at least 4 members (excludes halogenated alkanes) is 28. The van der Waals surface area contributed by atoms with Gasteiger partial charge in [-0.1, -0.05) is 210 Å². The summed E-state index contributed by atoms with van der Waals surface area (Å²) in [5.41, 5.74) is 0. The Bertz CT molecular complexity index is 1130. The molecule has 0 aliphatic rings. The minimum atomic E-state index is -0.784. The molecule has 0 amide bonds. The fourth-order valence-electron chi connectivity index (χ4n) is 7.31. The highest BCUT2D eigenvalue weighted by Gasteiger charge is 2.19. The fourth-order valence-corrected chi connectivity index (χ4v) is 7.31. The SMILES string of the molecule is CC\C=C/C=C\C=C/CCCCCCCCCC(=O)OC(COC(=O)CCCCCCC/C=C\CCCCC)COC(=O)CCCCCCCCC/C=C\CCCCCCCC. The molecular weight excluding hydrogens is 769 g/mol. The van der Waals surface area contributed by atoms with E-state index in [1.165, 1.54) is 141 Å². The molecule has 6 nitrogen and oxygen atoms in total. The third kappa shape index (κ3) is 48.1. The first-order chi connectivity index (χ1) is 30.5. The number of ether oxygens (including phenoxy) is 3. The van der Waals surface area contributed by atoms with Crippen molar-refractivity contribution >= 4 is 17.9 Å². The van der Waals surface area contributed by atoms with E-state index in [0.717, 1.165) is 77.0 Å². The molecule has 0 rings (SSSR count). The van der Waals surface area contributed by atoms with Gasteiger partial charge in [0.1, 0.15) is 13.2 Å². The molecule has 0 saturated carbocycles. The van der Waals surface area contributed by atoms with E-state index in [1.807, 2.05) is 0 Å². The van der Waals surface area contributed by atoms with E-state index >= 15 is 0 Å². The predicted octanol–water partition coefficient (Wildman–Crippen LogP) is 17.3. The minimum absolute atomic E-state index is 0.0836. The van der Waals surface area contributed by atoms with Crippen LogP contribution in [0.15, 0.2) is 60.8 Å². The highest BCUT2D eigenvalue weighted by molar-refractivity contribution is 5.71. The topological polar surface area (TPSA) is 78.9 Å². The summed E-state index contributed by atoms with van der Waals surface area (Å²) in [6, 6.07) is 0. The molecule has 0 heterocycles. The van der Waals surface area contributed by atoms with Crippen molar-refractivity contribution < 1.29 is 28.6 Å². The van der Waals surface area contributed by atoms with E-state index in [2.05, 4.69) is 81.5 Å². The molecule has 0 aromatic carbocycles. The molecule has 0 bridgehead atoms. The van der Waals surface area contributed by atoms with Crippen molar-refractivity contribution in [2.24, 2.45) is 0 Å². The van der Waals surface area contributed by atoms with Crippen molar-refractivity contribution in [2.45, 2.75) is 264 Å². The Morgan fingerprint density at radius 2 is 0.645 bits per heavy atom. The van der Waals surface area contributed by atoms with Crippen LogP contribution in [0.25, 0.3) is 0 Å².